The Morgan fingerprint density at radius 2 is 1.72 bits per heavy atom. The van der Waals surface area contributed by atoms with Crippen LogP contribution in [0.1, 0.15) is 18.5 Å². The summed E-state index contributed by atoms with van der Waals surface area (Å²) < 4.78 is 30.0. The summed E-state index contributed by atoms with van der Waals surface area (Å²) in [7, 11) is 0. The van der Waals surface area contributed by atoms with Crippen molar-refractivity contribution in [2.24, 2.45) is 0 Å². The number of hydrogen-bond acceptors (Lipinski definition) is 2. The van der Waals surface area contributed by atoms with Gasteiger partial charge in [-0.2, -0.15) is 0 Å². The number of fused-ring (bicyclic) bond motifs is 3. The fraction of sp³-hybridized carbons (Fsp3) is 0.400. The maximum atomic E-state index is 13.9. The predicted octanol–water partition coefficient (Wildman–Crippen LogP) is 4.03. The first-order valence-electron chi connectivity index (χ1n) is 8.94. The molecule has 2 aromatic carbocycles. The van der Waals surface area contributed by atoms with Gasteiger partial charge in [0.1, 0.15) is 0 Å². The number of hydrogen-bond donors (Lipinski definition) is 1. The van der Waals surface area contributed by atoms with Gasteiger partial charge in [0.15, 0.2) is 0 Å². The maximum absolute atomic E-state index is 13.9. The van der Waals surface area contributed by atoms with Crippen molar-refractivity contribution in [3.05, 3.63) is 48.0 Å². The first kappa shape index (κ1) is 16.5. The lowest BCUT2D eigenvalue weighted by molar-refractivity contribution is 0.0182. The van der Waals surface area contributed by atoms with Crippen molar-refractivity contribution in [3.8, 4) is 0 Å². The summed E-state index contributed by atoms with van der Waals surface area (Å²) in [5.41, 5.74) is 2.98. The molecule has 0 unspecified atom stereocenters. The van der Waals surface area contributed by atoms with E-state index in [1.54, 1.807) is 0 Å². The highest BCUT2D eigenvalue weighted by atomic mass is 19.3. The number of benzene rings is 2. The highest BCUT2D eigenvalue weighted by molar-refractivity contribution is 6.08. The lowest BCUT2D eigenvalue weighted by atomic mass is 10.0. The third-order valence-corrected chi connectivity index (χ3v) is 5.24. The Bertz CT molecular complexity index is 881. The Hall–Kier alpha value is -1.98. The molecule has 1 atom stereocenters. The fourth-order valence-electron chi connectivity index (χ4n) is 4.07. The molecule has 1 saturated heterocycles. The van der Waals surface area contributed by atoms with E-state index in [9.17, 15) is 8.78 Å². The molecule has 0 spiro atoms. The van der Waals surface area contributed by atoms with Gasteiger partial charge in [-0.15, -0.1) is 0 Å². The van der Waals surface area contributed by atoms with Gasteiger partial charge in [-0.1, -0.05) is 24.3 Å². The maximum Gasteiger partial charge on any atom is 0.258 e. The summed E-state index contributed by atoms with van der Waals surface area (Å²) in [6.45, 7) is 5.82. The highest BCUT2D eigenvalue weighted by Gasteiger charge is 2.30. The van der Waals surface area contributed by atoms with Gasteiger partial charge in [0.2, 0.25) is 0 Å². The molecule has 1 aromatic heterocycles. The molecule has 3 nitrogen and oxygen atoms in total. The summed E-state index contributed by atoms with van der Waals surface area (Å²) in [5.74, 6) is 0. The van der Waals surface area contributed by atoms with Gasteiger partial charge in [-0.25, -0.2) is 8.78 Å². The number of nitrogens with zero attached hydrogens (tertiary/aromatic N) is 2. The van der Waals surface area contributed by atoms with Crippen molar-refractivity contribution in [2.75, 3.05) is 26.2 Å². The van der Waals surface area contributed by atoms with E-state index in [1.807, 2.05) is 35.2 Å². The van der Waals surface area contributed by atoms with Crippen molar-refractivity contribution in [3.63, 3.8) is 0 Å². The summed E-state index contributed by atoms with van der Waals surface area (Å²) in [6.07, 6.45) is -2.39. The first-order valence-corrected chi connectivity index (χ1v) is 8.94. The van der Waals surface area contributed by atoms with Gasteiger partial charge in [-0.3, -0.25) is 4.90 Å². The number of rotatable bonds is 4. The molecule has 0 radical (unpaired) electrons. The van der Waals surface area contributed by atoms with Crippen LogP contribution in [0.5, 0.6) is 0 Å². The van der Waals surface area contributed by atoms with Crippen molar-refractivity contribution < 1.29 is 8.78 Å². The monoisotopic (exact) mass is 343 g/mol. The zero-order valence-corrected chi connectivity index (χ0v) is 14.4. The van der Waals surface area contributed by atoms with E-state index in [4.69, 9.17) is 0 Å². The van der Waals surface area contributed by atoms with Gasteiger partial charge in [0, 0.05) is 54.5 Å². The molecule has 0 amide bonds. The van der Waals surface area contributed by atoms with Crippen molar-refractivity contribution in [2.45, 2.75) is 25.9 Å². The molecule has 2 heterocycles. The van der Waals surface area contributed by atoms with Crippen LogP contribution in [0.2, 0.25) is 0 Å². The Morgan fingerprint density at radius 1 is 1.00 bits per heavy atom. The highest BCUT2D eigenvalue weighted by Crippen LogP contribution is 2.34. The molecule has 1 aliphatic heterocycles. The zero-order valence-electron chi connectivity index (χ0n) is 14.4. The second kappa shape index (κ2) is 6.73. The van der Waals surface area contributed by atoms with E-state index in [2.05, 4.69) is 28.9 Å². The molecule has 0 aliphatic carbocycles. The molecule has 5 heteroatoms. The van der Waals surface area contributed by atoms with E-state index < -0.39 is 12.5 Å². The van der Waals surface area contributed by atoms with Crippen LogP contribution in [0.15, 0.2) is 42.5 Å². The number of alkyl halides is 2. The van der Waals surface area contributed by atoms with E-state index in [1.165, 1.54) is 0 Å². The SMILES string of the molecule is CCn1c2ccccc2c2cc([C@H](C(F)F)N3CCNCC3)ccc21. The van der Waals surface area contributed by atoms with E-state index in [0.29, 0.717) is 18.7 Å². The minimum atomic E-state index is -2.39. The fourth-order valence-corrected chi connectivity index (χ4v) is 4.07. The summed E-state index contributed by atoms with van der Waals surface area (Å²) in [6, 6.07) is 13.2. The quantitative estimate of drug-likeness (QED) is 0.772. The standard InChI is InChI=1S/C20H23F2N3/c1-2-25-17-6-4-3-5-15(17)16-13-14(7-8-18(16)25)19(20(21)22)24-11-9-23-10-12-24/h3-8,13,19-20,23H,2,9-12H2,1H3/t19-/m1/s1. The van der Waals surface area contributed by atoms with Crippen molar-refractivity contribution in [1.82, 2.24) is 14.8 Å². The minimum Gasteiger partial charge on any atom is -0.341 e. The number of aromatic nitrogens is 1. The number of halogens is 2. The molecule has 1 aliphatic rings. The van der Waals surface area contributed by atoms with Crippen LogP contribution in [0, 0.1) is 0 Å². The van der Waals surface area contributed by atoms with E-state index >= 15 is 0 Å². The average molecular weight is 343 g/mol. The first-order chi connectivity index (χ1) is 12.2. The largest absolute Gasteiger partial charge is 0.341 e. The second-order valence-electron chi connectivity index (χ2n) is 6.60. The van der Waals surface area contributed by atoms with E-state index in [-0.39, 0.29) is 0 Å². The van der Waals surface area contributed by atoms with Crippen LogP contribution in [0.25, 0.3) is 21.8 Å². The smallest absolute Gasteiger partial charge is 0.258 e. The summed E-state index contributed by atoms with van der Waals surface area (Å²) in [4.78, 5) is 1.90. The topological polar surface area (TPSA) is 20.2 Å². The van der Waals surface area contributed by atoms with Crippen LogP contribution in [-0.4, -0.2) is 42.1 Å². The van der Waals surface area contributed by atoms with Gasteiger partial charge >= 0.3 is 0 Å². The van der Waals surface area contributed by atoms with Gasteiger partial charge in [0.25, 0.3) is 6.43 Å². The van der Waals surface area contributed by atoms with E-state index in [0.717, 1.165) is 41.4 Å². The summed E-state index contributed by atoms with van der Waals surface area (Å²) >= 11 is 0. The third-order valence-electron chi connectivity index (χ3n) is 5.24. The summed E-state index contributed by atoms with van der Waals surface area (Å²) in [5, 5.41) is 5.43. The predicted molar refractivity (Wildman–Crippen MR) is 98.3 cm³/mol. The molecular weight excluding hydrogens is 320 g/mol. The lowest BCUT2D eigenvalue weighted by Gasteiger charge is -2.34. The average Bonchev–Trinajstić information content (AvgIpc) is 2.96. The molecule has 0 saturated carbocycles. The number of aryl methyl sites for hydroxylation is 1. The van der Waals surface area contributed by atoms with Crippen molar-refractivity contribution >= 4 is 21.8 Å². The Balaban J connectivity index is 1.86. The van der Waals surface area contributed by atoms with Crippen LogP contribution in [-0.2, 0) is 6.54 Å². The normalized spacial score (nSPS) is 17.6. The molecule has 1 fully saturated rings. The number of nitrogens with one attached hydrogen (secondary N) is 1. The lowest BCUT2D eigenvalue weighted by Crippen LogP contribution is -2.46. The second-order valence-corrected chi connectivity index (χ2v) is 6.60. The van der Waals surface area contributed by atoms with Crippen LogP contribution in [0.3, 0.4) is 0 Å². The molecule has 1 N–H and O–H groups in total. The molecule has 3 aromatic rings. The Labute approximate surface area is 146 Å². The van der Waals surface area contributed by atoms with Gasteiger partial charge in [0.05, 0.1) is 6.04 Å². The van der Waals surface area contributed by atoms with Gasteiger partial charge in [-0.05, 0) is 30.7 Å². The Kier molecular flexibility index (Phi) is 4.44. The molecule has 25 heavy (non-hydrogen) atoms. The minimum absolute atomic E-state index is 0.657. The molecule has 0 bridgehead atoms. The number of piperazine rings is 1. The molecular formula is C20H23F2N3. The van der Waals surface area contributed by atoms with Crippen LogP contribution < -0.4 is 5.32 Å². The number of para-hydroxylation sites is 1. The van der Waals surface area contributed by atoms with Gasteiger partial charge < -0.3 is 9.88 Å². The molecule has 4 rings (SSSR count). The zero-order chi connectivity index (χ0) is 17.4. The Morgan fingerprint density at radius 3 is 2.44 bits per heavy atom. The van der Waals surface area contributed by atoms with Crippen molar-refractivity contribution in [1.29, 1.82) is 0 Å². The van der Waals surface area contributed by atoms with Crippen LogP contribution >= 0.6 is 0 Å². The third kappa shape index (κ3) is 2.81. The van der Waals surface area contributed by atoms with Crippen LogP contribution in [0.4, 0.5) is 8.78 Å². The molecule has 132 valence electrons.